The number of hydrogen-bond acceptors (Lipinski definition) is 7. The lowest BCUT2D eigenvalue weighted by molar-refractivity contribution is 0.291. The van der Waals surface area contributed by atoms with Crippen molar-refractivity contribution in [2.24, 2.45) is 0 Å². The molecule has 0 aromatic carbocycles. The molecule has 0 aliphatic carbocycles. The quantitative estimate of drug-likeness (QED) is 0.358. The average molecular weight is 409 g/mol. The van der Waals surface area contributed by atoms with Crippen molar-refractivity contribution in [1.29, 1.82) is 0 Å². The summed E-state index contributed by atoms with van der Waals surface area (Å²) in [4.78, 5) is 19.2. The Hall–Kier alpha value is -1.47. The first kappa shape index (κ1) is 25.6. The predicted octanol–water partition coefficient (Wildman–Crippen LogP) is 3.77. The molecule has 1 heterocycles. The molecule has 0 amide bonds. The highest BCUT2D eigenvalue weighted by molar-refractivity contribution is 5.39. The molecule has 0 saturated heterocycles. The minimum atomic E-state index is 0.114. The highest BCUT2D eigenvalue weighted by Gasteiger charge is 2.17. The van der Waals surface area contributed by atoms with Crippen molar-refractivity contribution >= 4 is 11.9 Å². The van der Waals surface area contributed by atoms with Crippen LogP contribution in [0.5, 0.6) is 0 Å². The van der Waals surface area contributed by atoms with E-state index in [0.717, 1.165) is 95.3 Å². The molecule has 0 fully saturated rings. The lowest BCUT2D eigenvalue weighted by Gasteiger charge is -2.26. The van der Waals surface area contributed by atoms with E-state index < -0.39 is 0 Å². The fourth-order valence-corrected chi connectivity index (χ4v) is 3.06. The summed E-state index contributed by atoms with van der Waals surface area (Å²) in [5.74, 6) is 2.36. The first-order valence-electron chi connectivity index (χ1n) is 11.8. The normalized spacial score (nSPS) is 11.1. The molecule has 0 spiro atoms. The number of nitrogens with zero attached hydrogens (tertiary/aromatic N) is 5. The Morgan fingerprint density at radius 1 is 0.690 bits per heavy atom. The summed E-state index contributed by atoms with van der Waals surface area (Å²) in [6.07, 6.45) is 9.18. The molecule has 7 nitrogen and oxygen atoms in total. The van der Waals surface area contributed by atoms with Crippen molar-refractivity contribution in [3.05, 3.63) is 5.82 Å². The van der Waals surface area contributed by atoms with Crippen molar-refractivity contribution in [2.45, 2.75) is 85.6 Å². The second-order valence-electron chi connectivity index (χ2n) is 7.64. The van der Waals surface area contributed by atoms with Crippen LogP contribution in [0.3, 0.4) is 0 Å². The number of nitrogens with one attached hydrogen (secondary N) is 1. The van der Waals surface area contributed by atoms with Gasteiger partial charge in [0.05, 0.1) is 13.2 Å². The van der Waals surface area contributed by atoms with Gasteiger partial charge in [0.2, 0.25) is 11.9 Å². The van der Waals surface area contributed by atoms with Crippen molar-refractivity contribution in [3.8, 4) is 0 Å². The van der Waals surface area contributed by atoms with Gasteiger partial charge < -0.3 is 20.2 Å². The van der Waals surface area contributed by atoms with Gasteiger partial charge in [-0.15, -0.1) is 0 Å². The highest BCUT2D eigenvalue weighted by atomic mass is 16.3. The van der Waals surface area contributed by atoms with Gasteiger partial charge in [-0.05, 0) is 25.7 Å². The van der Waals surface area contributed by atoms with Crippen LogP contribution in [0.1, 0.15) is 84.9 Å². The van der Waals surface area contributed by atoms with E-state index in [1.54, 1.807) is 0 Å². The Bertz CT molecular complexity index is 474. The van der Waals surface area contributed by atoms with Crippen LogP contribution in [0.2, 0.25) is 0 Å². The van der Waals surface area contributed by atoms with Gasteiger partial charge in [-0.2, -0.15) is 15.0 Å². The van der Waals surface area contributed by atoms with Crippen molar-refractivity contribution in [2.75, 3.05) is 49.1 Å². The average Bonchev–Trinajstić information content (AvgIpc) is 2.74. The lowest BCUT2D eigenvalue weighted by Crippen LogP contribution is -2.32. The van der Waals surface area contributed by atoms with Crippen LogP contribution in [0.25, 0.3) is 0 Å². The first-order valence-corrected chi connectivity index (χ1v) is 11.8. The molecule has 0 aliphatic rings. The van der Waals surface area contributed by atoms with E-state index in [9.17, 15) is 0 Å². The van der Waals surface area contributed by atoms with Crippen molar-refractivity contribution < 1.29 is 5.11 Å². The summed E-state index contributed by atoms with van der Waals surface area (Å²) in [5.41, 5.74) is 0. The maximum atomic E-state index is 9.09. The predicted molar refractivity (Wildman–Crippen MR) is 123 cm³/mol. The van der Waals surface area contributed by atoms with Crippen LogP contribution in [0.4, 0.5) is 11.9 Å². The Labute approximate surface area is 178 Å². The van der Waals surface area contributed by atoms with Crippen LogP contribution in [0, 0.1) is 0 Å². The number of unbranched alkanes of at least 4 members (excludes halogenated alkanes) is 4. The zero-order valence-corrected chi connectivity index (χ0v) is 19.3. The molecule has 0 bridgehead atoms. The summed E-state index contributed by atoms with van der Waals surface area (Å²) in [6.45, 7) is 14.0. The molecule has 0 aliphatic heterocycles. The van der Waals surface area contributed by atoms with Gasteiger partial charge in [-0.25, -0.2) is 0 Å². The smallest absolute Gasteiger partial charge is 0.230 e. The summed E-state index contributed by atoms with van der Waals surface area (Å²) < 4.78 is 0. The van der Waals surface area contributed by atoms with E-state index >= 15 is 0 Å². The third kappa shape index (κ3) is 10.2. The zero-order chi connectivity index (χ0) is 21.3. The third-order valence-corrected chi connectivity index (χ3v) is 4.92. The molecule has 1 rings (SSSR count). The maximum Gasteiger partial charge on any atom is 0.230 e. The highest BCUT2D eigenvalue weighted by Crippen LogP contribution is 2.17. The number of aliphatic hydroxyl groups is 1. The van der Waals surface area contributed by atoms with E-state index in [2.05, 4.69) is 42.8 Å². The van der Waals surface area contributed by atoms with Crippen LogP contribution >= 0.6 is 0 Å². The molecule has 7 heteroatoms. The number of anilines is 2. The molecule has 0 atom stereocenters. The lowest BCUT2D eigenvalue weighted by atomic mass is 10.2. The van der Waals surface area contributed by atoms with Crippen LogP contribution < -0.4 is 15.1 Å². The van der Waals surface area contributed by atoms with Gasteiger partial charge >= 0.3 is 0 Å². The minimum Gasteiger partial charge on any atom is -0.395 e. The largest absolute Gasteiger partial charge is 0.395 e. The summed E-state index contributed by atoms with van der Waals surface area (Å²) in [5, 5.41) is 12.3. The van der Waals surface area contributed by atoms with Gasteiger partial charge in [0.1, 0.15) is 5.82 Å². The topological polar surface area (TPSA) is 77.4 Å². The molecule has 168 valence electrons. The van der Waals surface area contributed by atoms with Gasteiger partial charge in [-0.3, -0.25) is 0 Å². The Morgan fingerprint density at radius 3 is 1.45 bits per heavy atom. The van der Waals surface area contributed by atoms with Crippen molar-refractivity contribution in [3.63, 3.8) is 0 Å². The Kier molecular flexibility index (Phi) is 14.4. The van der Waals surface area contributed by atoms with Gasteiger partial charge in [0.15, 0.2) is 0 Å². The van der Waals surface area contributed by atoms with Gasteiger partial charge in [-0.1, -0.05) is 53.4 Å². The van der Waals surface area contributed by atoms with E-state index in [1.807, 2.05) is 0 Å². The molecule has 0 radical (unpaired) electrons. The fourth-order valence-electron chi connectivity index (χ4n) is 3.06. The molecule has 2 N–H and O–H groups in total. The molecular formula is C22H44N6O. The molecule has 1 aromatic rings. The van der Waals surface area contributed by atoms with E-state index in [4.69, 9.17) is 20.1 Å². The number of aliphatic hydroxyl groups excluding tert-OH is 1. The summed E-state index contributed by atoms with van der Waals surface area (Å²) in [7, 11) is 0. The zero-order valence-electron chi connectivity index (χ0n) is 19.3. The van der Waals surface area contributed by atoms with Crippen LogP contribution in [-0.4, -0.2) is 59.4 Å². The van der Waals surface area contributed by atoms with Crippen LogP contribution in [0.15, 0.2) is 0 Å². The molecule has 29 heavy (non-hydrogen) atoms. The Balaban J connectivity index is 3.18. The monoisotopic (exact) mass is 408 g/mol. The number of aromatic nitrogens is 3. The minimum absolute atomic E-state index is 0.114. The molecular weight excluding hydrogens is 364 g/mol. The SMILES string of the molecule is CCCCN(CCCC)c1nc(CNCCO)nc(N(CCCC)CCCC)n1. The Morgan fingerprint density at radius 2 is 1.10 bits per heavy atom. The number of hydrogen-bond donors (Lipinski definition) is 2. The standard InChI is InChI=1S/C22H44N6O/c1-5-9-14-27(15-10-6-2)21-24-20(19-23-13-18-29)25-22(26-21)28(16-11-7-3)17-12-8-4/h23,29H,5-19H2,1-4H3. The van der Waals surface area contributed by atoms with Crippen LogP contribution in [-0.2, 0) is 6.54 Å². The fraction of sp³-hybridized carbons (Fsp3) is 0.864. The maximum absolute atomic E-state index is 9.09. The van der Waals surface area contributed by atoms with Gasteiger partial charge in [0, 0.05) is 32.7 Å². The second-order valence-corrected chi connectivity index (χ2v) is 7.64. The third-order valence-electron chi connectivity index (χ3n) is 4.92. The van der Waals surface area contributed by atoms with E-state index in [1.165, 1.54) is 0 Å². The van der Waals surface area contributed by atoms with E-state index in [-0.39, 0.29) is 6.61 Å². The molecule has 1 aromatic heterocycles. The van der Waals surface area contributed by atoms with E-state index in [0.29, 0.717) is 13.1 Å². The molecule has 0 unspecified atom stereocenters. The van der Waals surface area contributed by atoms with Crippen molar-refractivity contribution in [1.82, 2.24) is 20.3 Å². The summed E-state index contributed by atoms with van der Waals surface area (Å²) in [6, 6.07) is 0. The molecule has 0 saturated carbocycles. The number of rotatable bonds is 18. The second kappa shape index (κ2) is 16.3. The summed E-state index contributed by atoms with van der Waals surface area (Å²) >= 11 is 0. The van der Waals surface area contributed by atoms with Gasteiger partial charge in [0.25, 0.3) is 0 Å². The first-order chi connectivity index (χ1) is 14.2.